The molecule has 3 nitrogen and oxygen atoms in total. The monoisotopic (exact) mass is 359 g/mol. The summed E-state index contributed by atoms with van der Waals surface area (Å²) in [7, 11) is 1.87. The first-order chi connectivity index (χ1) is 12.1. The van der Waals surface area contributed by atoms with Gasteiger partial charge in [-0.15, -0.1) is 11.3 Å². The fourth-order valence-electron chi connectivity index (χ4n) is 2.73. The Bertz CT molecular complexity index is 647. The van der Waals surface area contributed by atoms with Crippen LogP contribution in [-0.2, 0) is 12.8 Å². The molecule has 1 atom stereocenters. The number of ketones is 1. The lowest BCUT2D eigenvalue weighted by molar-refractivity contribution is 0.0983. The molecule has 0 saturated heterocycles. The van der Waals surface area contributed by atoms with Gasteiger partial charge in [-0.1, -0.05) is 30.3 Å². The van der Waals surface area contributed by atoms with E-state index in [1.807, 2.05) is 26.1 Å². The predicted molar refractivity (Wildman–Crippen MR) is 106 cm³/mol. The third-order valence-electron chi connectivity index (χ3n) is 4.77. The van der Waals surface area contributed by atoms with Crippen LogP contribution in [0.2, 0.25) is 0 Å². The van der Waals surface area contributed by atoms with Crippen LogP contribution in [0.4, 0.5) is 0 Å². The fourth-order valence-corrected chi connectivity index (χ4v) is 3.70. The van der Waals surface area contributed by atoms with E-state index < -0.39 is 0 Å². The van der Waals surface area contributed by atoms with Crippen LogP contribution in [0.1, 0.15) is 52.7 Å². The van der Waals surface area contributed by atoms with Crippen molar-refractivity contribution in [2.45, 2.75) is 51.0 Å². The number of unbranched alkanes of at least 4 members (excludes halogenated alkanes) is 1. The fraction of sp³-hybridized carbons (Fsp3) is 0.476. The molecule has 4 heteroatoms. The zero-order valence-corrected chi connectivity index (χ0v) is 16.1. The highest BCUT2D eigenvalue weighted by Crippen LogP contribution is 2.23. The summed E-state index contributed by atoms with van der Waals surface area (Å²) < 4.78 is 0. The molecular weight excluding hydrogens is 330 g/mol. The second kappa shape index (κ2) is 9.85. The van der Waals surface area contributed by atoms with Gasteiger partial charge in [-0.2, -0.15) is 0 Å². The van der Waals surface area contributed by atoms with Gasteiger partial charge in [-0.25, -0.2) is 0 Å². The number of hydrogen-bond donors (Lipinski definition) is 2. The van der Waals surface area contributed by atoms with Crippen molar-refractivity contribution < 1.29 is 9.90 Å². The number of aliphatic hydroxyl groups is 1. The minimum atomic E-state index is -0.258. The smallest absolute Gasteiger partial charge is 0.172 e. The molecule has 0 radical (unpaired) electrons. The van der Waals surface area contributed by atoms with Crippen molar-refractivity contribution in [3.05, 3.63) is 57.8 Å². The summed E-state index contributed by atoms with van der Waals surface area (Å²) in [5.74, 6) is 0.253. The number of aliphatic hydroxyl groups excluding tert-OH is 1. The Morgan fingerprint density at radius 1 is 1.12 bits per heavy atom. The first kappa shape index (κ1) is 19.8. The molecule has 0 amide bonds. The topological polar surface area (TPSA) is 49.3 Å². The van der Waals surface area contributed by atoms with E-state index in [0.29, 0.717) is 6.42 Å². The molecule has 25 heavy (non-hydrogen) atoms. The van der Waals surface area contributed by atoms with Gasteiger partial charge in [0.1, 0.15) is 0 Å². The van der Waals surface area contributed by atoms with E-state index >= 15 is 0 Å². The van der Waals surface area contributed by atoms with Gasteiger partial charge in [-0.05, 0) is 63.8 Å². The number of hydrogen-bond acceptors (Lipinski definition) is 4. The highest BCUT2D eigenvalue weighted by Gasteiger charge is 2.20. The number of thiophene rings is 1. The first-order valence-corrected chi connectivity index (χ1v) is 9.83. The second-order valence-corrected chi connectivity index (χ2v) is 8.02. The minimum absolute atomic E-state index is 0.113. The molecule has 0 saturated carbocycles. The van der Waals surface area contributed by atoms with Crippen molar-refractivity contribution >= 4 is 17.1 Å². The molecule has 0 fully saturated rings. The molecule has 1 aromatic heterocycles. The predicted octanol–water partition coefficient (Wildman–Crippen LogP) is 4.25. The summed E-state index contributed by atoms with van der Waals surface area (Å²) in [6.45, 7) is 2.13. The van der Waals surface area contributed by atoms with E-state index in [1.54, 1.807) is 11.3 Å². The number of Topliss-reactive ketones (excluding diaryl/α,β-unsaturated/α-hetero) is 1. The van der Waals surface area contributed by atoms with Gasteiger partial charge in [0.2, 0.25) is 0 Å². The van der Waals surface area contributed by atoms with Crippen molar-refractivity contribution in [2.24, 2.45) is 0 Å². The molecule has 2 N–H and O–H groups in total. The summed E-state index contributed by atoms with van der Waals surface area (Å²) in [6, 6.07) is 14.4. The average molecular weight is 360 g/mol. The van der Waals surface area contributed by atoms with Gasteiger partial charge < -0.3 is 10.4 Å². The lowest BCUT2D eigenvalue weighted by Gasteiger charge is -2.26. The molecule has 1 aromatic carbocycles. The van der Waals surface area contributed by atoms with Crippen molar-refractivity contribution in [3.63, 3.8) is 0 Å². The standard InChI is InChI=1S/C21H29NO2S/c1-21(16-23,22-2)15-14-18-12-13-20(25-18)19(24)11-7-6-10-17-8-4-3-5-9-17/h3-5,8-9,12-13,22-23H,6-7,10-11,14-16H2,1-2H3. The number of carbonyl (C=O) groups is 1. The Labute approximate surface area is 155 Å². The van der Waals surface area contributed by atoms with E-state index in [1.165, 1.54) is 10.4 Å². The quantitative estimate of drug-likeness (QED) is 0.466. The van der Waals surface area contributed by atoms with Gasteiger partial charge in [0, 0.05) is 16.8 Å². The largest absolute Gasteiger partial charge is 0.394 e. The maximum Gasteiger partial charge on any atom is 0.172 e. The molecule has 2 rings (SSSR count). The summed E-state index contributed by atoms with van der Waals surface area (Å²) in [4.78, 5) is 14.4. The van der Waals surface area contributed by atoms with Crippen LogP contribution in [-0.4, -0.2) is 30.1 Å². The number of likely N-dealkylation sites (N-methyl/N-ethyl adjacent to an activating group) is 1. The van der Waals surface area contributed by atoms with Crippen LogP contribution in [0, 0.1) is 0 Å². The van der Waals surface area contributed by atoms with Gasteiger partial charge in [0.05, 0.1) is 11.5 Å². The van der Waals surface area contributed by atoms with E-state index in [0.717, 1.165) is 37.0 Å². The van der Waals surface area contributed by atoms with Crippen LogP contribution in [0.3, 0.4) is 0 Å². The number of carbonyl (C=O) groups excluding carboxylic acids is 1. The van der Waals surface area contributed by atoms with E-state index in [-0.39, 0.29) is 17.9 Å². The maximum absolute atomic E-state index is 12.3. The molecular formula is C21H29NO2S. The molecule has 0 aliphatic heterocycles. The number of rotatable bonds is 11. The van der Waals surface area contributed by atoms with Gasteiger partial charge >= 0.3 is 0 Å². The number of benzene rings is 1. The van der Waals surface area contributed by atoms with Crippen molar-refractivity contribution in [1.29, 1.82) is 0 Å². The minimum Gasteiger partial charge on any atom is -0.394 e. The molecule has 0 aliphatic carbocycles. The van der Waals surface area contributed by atoms with Crippen LogP contribution in [0.15, 0.2) is 42.5 Å². The zero-order chi connectivity index (χ0) is 18.1. The summed E-state index contributed by atoms with van der Waals surface area (Å²) in [6.07, 6.45) is 5.37. The van der Waals surface area contributed by atoms with Gasteiger partial charge in [0.15, 0.2) is 5.78 Å². The Hall–Kier alpha value is -1.49. The lowest BCUT2D eigenvalue weighted by atomic mass is 9.97. The summed E-state index contributed by atoms with van der Waals surface area (Å²) in [5.41, 5.74) is 1.08. The molecule has 136 valence electrons. The third kappa shape index (κ3) is 6.38. The SMILES string of the molecule is CNC(C)(CO)CCc1ccc(C(=O)CCCCc2ccccc2)s1. The molecule has 0 aliphatic rings. The van der Waals surface area contributed by atoms with Crippen molar-refractivity contribution in [1.82, 2.24) is 5.32 Å². The van der Waals surface area contributed by atoms with Gasteiger partial charge in [-0.3, -0.25) is 4.79 Å². The van der Waals surface area contributed by atoms with Crippen molar-refractivity contribution in [2.75, 3.05) is 13.7 Å². The zero-order valence-electron chi connectivity index (χ0n) is 15.3. The number of aryl methyl sites for hydroxylation is 2. The Kier molecular flexibility index (Phi) is 7.82. The molecule has 2 aromatic rings. The van der Waals surface area contributed by atoms with Crippen LogP contribution < -0.4 is 5.32 Å². The Balaban J connectivity index is 1.74. The summed E-state index contributed by atoms with van der Waals surface area (Å²) >= 11 is 1.60. The molecule has 0 bridgehead atoms. The Morgan fingerprint density at radius 2 is 1.88 bits per heavy atom. The van der Waals surface area contributed by atoms with E-state index in [2.05, 4.69) is 35.6 Å². The summed E-state index contributed by atoms with van der Waals surface area (Å²) in [5, 5.41) is 12.6. The van der Waals surface area contributed by atoms with Crippen LogP contribution in [0.5, 0.6) is 0 Å². The highest BCUT2D eigenvalue weighted by molar-refractivity contribution is 7.14. The maximum atomic E-state index is 12.3. The van der Waals surface area contributed by atoms with E-state index in [4.69, 9.17) is 0 Å². The molecule has 0 spiro atoms. The number of nitrogens with one attached hydrogen (secondary N) is 1. The van der Waals surface area contributed by atoms with Gasteiger partial charge in [0.25, 0.3) is 0 Å². The molecule has 1 unspecified atom stereocenters. The highest BCUT2D eigenvalue weighted by atomic mass is 32.1. The lowest BCUT2D eigenvalue weighted by Crippen LogP contribution is -2.43. The molecule has 1 heterocycles. The van der Waals surface area contributed by atoms with Crippen LogP contribution >= 0.6 is 11.3 Å². The second-order valence-electron chi connectivity index (χ2n) is 6.85. The average Bonchev–Trinajstić information content (AvgIpc) is 3.13. The third-order valence-corrected chi connectivity index (χ3v) is 5.96. The first-order valence-electron chi connectivity index (χ1n) is 9.02. The van der Waals surface area contributed by atoms with E-state index in [9.17, 15) is 9.90 Å². The van der Waals surface area contributed by atoms with Crippen LogP contribution in [0.25, 0.3) is 0 Å². The normalized spacial score (nSPS) is 13.6. The van der Waals surface area contributed by atoms with Crippen molar-refractivity contribution in [3.8, 4) is 0 Å². The Morgan fingerprint density at radius 3 is 2.56 bits per heavy atom.